The normalized spacial score (nSPS) is 12.2. The highest BCUT2D eigenvalue weighted by Gasteiger charge is 2.21. The number of aliphatic carboxylic acids is 1. The van der Waals surface area contributed by atoms with Crippen LogP contribution >= 0.6 is 15.9 Å². The van der Waals surface area contributed by atoms with Gasteiger partial charge in [-0.25, -0.2) is 4.39 Å². The molecule has 0 radical (unpaired) electrons. The fraction of sp³-hybridized carbons (Fsp3) is 0.188. The van der Waals surface area contributed by atoms with Crippen molar-refractivity contribution in [1.29, 1.82) is 0 Å². The van der Waals surface area contributed by atoms with E-state index in [1.807, 2.05) is 31.2 Å². The van der Waals surface area contributed by atoms with Gasteiger partial charge in [-0.15, -0.1) is 0 Å². The van der Waals surface area contributed by atoms with Gasteiger partial charge in [-0.2, -0.15) is 0 Å². The van der Waals surface area contributed by atoms with E-state index in [0.717, 1.165) is 16.7 Å². The minimum atomic E-state index is -0.884. The average Bonchev–Trinajstić information content (AvgIpc) is 2.39. The number of benzene rings is 2. The zero-order valence-electron chi connectivity index (χ0n) is 10.9. The van der Waals surface area contributed by atoms with E-state index in [9.17, 15) is 14.3 Å². The number of carbonyl (C=O) groups is 1. The van der Waals surface area contributed by atoms with Gasteiger partial charge in [-0.1, -0.05) is 51.8 Å². The Bertz CT molecular complexity index is 623. The molecule has 4 heteroatoms. The average molecular weight is 337 g/mol. The third kappa shape index (κ3) is 3.45. The molecule has 0 heterocycles. The largest absolute Gasteiger partial charge is 0.481 e. The zero-order chi connectivity index (χ0) is 14.7. The minimum absolute atomic E-state index is 0.319. The summed E-state index contributed by atoms with van der Waals surface area (Å²) in [5, 5.41) is 9.41. The van der Waals surface area contributed by atoms with Crippen LogP contribution in [0, 0.1) is 12.7 Å². The Balaban J connectivity index is 2.30. The molecule has 0 aliphatic carbocycles. The summed E-state index contributed by atoms with van der Waals surface area (Å²) in [7, 11) is 0. The van der Waals surface area contributed by atoms with Crippen LogP contribution in [0.3, 0.4) is 0 Å². The van der Waals surface area contributed by atoms with Gasteiger partial charge < -0.3 is 5.11 Å². The first kappa shape index (κ1) is 14.7. The van der Waals surface area contributed by atoms with Crippen LogP contribution in [-0.4, -0.2) is 11.1 Å². The fourth-order valence-electron chi connectivity index (χ4n) is 2.05. The summed E-state index contributed by atoms with van der Waals surface area (Å²) in [5.74, 6) is -1.87. The van der Waals surface area contributed by atoms with E-state index in [1.54, 1.807) is 6.07 Å². The van der Waals surface area contributed by atoms with E-state index in [4.69, 9.17) is 0 Å². The summed E-state index contributed by atoms with van der Waals surface area (Å²) < 4.78 is 13.7. The molecule has 1 N–H and O–H groups in total. The van der Waals surface area contributed by atoms with Crippen LogP contribution in [0.15, 0.2) is 46.9 Å². The van der Waals surface area contributed by atoms with Crippen LogP contribution in [0.4, 0.5) is 4.39 Å². The number of aryl methyl sites for hydroxylation is 1. The lowest BCUT2D eigenvalue weighted by atomic mass is 9.91. The van der Waals surface area contributed by atoms with E-state index in [2.05, 4.69) is 15.9 Å². The van der Waals surface area contributed by atoms with Crippen LogP contribution in [-0.2, 0) is 11.2 Å². The Morgan fingerprint density at radius 1 is 1.25 bits per heavy atom. The minimum Gasteiger partial charge on any atom is -0.481 e. The maximum Gasteiger partial charge on any atom is 0.311 e. The Kier molecular flexibility index (Phi) is 4.55. The molecule has 104 valence electrons. The molecule has 1 unspecified atom stereocenters. The Hall–Kier alpha value is -1.68. The fourth-order valence-corrected chi connectivity index (χ4v) is 2.57. The summed E-state index contributed by atoms with van der Waals surface area (Å²) >= 11 is 3.28. The van der Waals surface area contributed by atoms with E-state index < -0.39 is 11.9 Å². The lowest BCUT2D eigenvalue weighted by Crippen LogP contribution is -2.14. The molecule has 0 saturated carbocycles. The van der Waals surface area contributed by atoms with E-state index >= 15 is 0 Å². The van der Waals surface area contributed by atoms with E-state index in [1.165, 1.54) is 12.1 Å². The van der Waals surface area contributed by atoms with Gasteiger partial charge in [0.1, 0.15) is 5.82 Å². The second-order valence-corrected chi connectivity index (χ2v) is 5.60. The molecule has 0 amide bonds. The molecular formula is C16H14BrFO2. The predicted molar refractivity (Wildman–Crippen MR) is 79.4 cm³/mol. The third-order valence-electron chi connectivity index (χ3n) is 3.22. The highest BCUT2D eigenvalue weighted by molar-refractivity contribution is 9.10. The molecule has 0 saturated heterocycles. The smallest absolute Gasteiger partial charge is 0.311 e. The zero-order valence-corrected chi connectivity index (χ0v) is 12.5. The second-order valence-electron chi connectivity index (χ2n) is 4.74. The quantitative estimate of drug-likeness (QED) is 0.903. The molecule has 2 aromatic rings. The number of hydrogen-bond acceptors (Lipinski definition) is 1. The van der Waals surface area contributed by atoms with Crippen molar-refractivity contribution in [3.8, 4) is 0 Å². The summed E-state index contributed by atoms with van der Waals surface area (Å²) in [6, 6.07) is 11.7. The molecule has 2 aromatic carbocycles. The van der Waals surface area contributed by atoms with Crippen LogP contribution < -0.4 is 0 Å². The van der Waals surface area contributed by atoms with Crippen LogP contribution in [0.5, 0.6) is 0 Å². The molecule has 0 bridgehead atoms. The standard InChI is InChI=1S/C16H14BrFO2/c1-10-2-4-11(5-3-10)14(16(19)20)8-12-6-7-13(18)9-15(12)17/h2-7,9,14H,8H2,1H3,(H,19,20). The van der Waals surface area contributed by atoms with Gasteiger partial charge in [0.2, 0.25) is 0 Å². The van der Waals surface area contributed by atoms with Crippen LogP contribution in [0.1, 0.15) is 22.6 Å². The molecule has 2 nitrogen and oxygen atoms in total. The third-order valence-corrected chi connectivity index (χ3v) is 3.96. The highest BCUT2D eigenvalue weighted by Crippen LogP contribution is 2.26. The maximum atomic E-state index is 13.1. The lowest BCUT2D eigenvalue weighted by molar-refractivity contribution is -0.138. The first-order valence-corrected chi connectivity index (χ1v) is 7.00. The van der Waals surface area contributed by atoms with E-state index in [0.29, 0.717) is 10.9 Å². The molecule has 0 aliphatic rings. The lowest BCUT2D eigenvalue weighted by Gasteiger charge is -2.14. The van der Waals surface area contributed by atoms with Crippen molar-refractivity contribution < 1.29 is 14.3 Å². The van der Waals surface area contributed by atoms with Gasteiger partial charge in [0.15, 0.2) is 0 Å². The summed E-state index contributed by atoms with van der Waals surface area (Å²) in [5.41, 5.74) is 2.61. The topological polar surface area (TPSA) is 37.3 Å². The number of halogens is 2. The Labute approximate surface area is 125 Å². The first-order chi connectivity index (χ1) is 9.47. The van der Waals surface area contributed by atoms with Gasteiger partial charge in [-0.3, -0.25) is 4.79 Å². The Morgan fingerprint density at radius 3 is 2.45 bits per heavy atom. The number of rotatable bonds is 4. The maximum absolute atomic E-state index is 13.1. The van der Waals surface area contributed by atoms with Crippen molar-refractivity contribution in [3.05, 3.63) is 69.4 Å². The highest BCUT2D eigenvalue weighted by atomic mass is 79.9. The summed E-state index contributed by atoms with van der Waals surface area (Å²) in [6.45, 7) is 1.95. The van der Waals surface area contributed by atoms with Crippen molar-refractivity contribution in [2.45, 2.75) is 19.3 Å². The molecule has 20 heavy (non-hydrogen) atoms. The predicted octanol–water partition coefficient (Wildman–Crippen LogP) is 4.31. The summed E-state index contributed by atoms with van der Waals surface area (Å²) in [4.78, 5) is 11.5. The van der Waals surface area contributed by atoms with Crippen molar-refractivity contribution in [1.82, 2.24) is 0 Å². The van der Waals surface area contributed by atoms with Crippen molar-refractivity contribution in [2.75, 3.05) is 0 Å². The monoisotopic (exact) mass is 336 g/mol. The molecular weight excluding hydrogens is 323 g/mol. The number of hydrogen-bond donors (Lipinski definition) is 1. The molecule has 2 rings (SSSR count). The van der Waals surface area contributed by atoms with Crippen molar-refractivity contribution in [3.63, 3.8) is 0 Å². The van der Waals surface area contributed by atoms with Gasteiger partial charge in [-0.05, 0) is 36.6 Å². The summed E-state index contributed by atoms with van der Waals surface area (Å²) in [6.07, 6.45) is 0.319. The SMILES string of the molecule is Cc1ccc(C(Cc2ccc(F)cc2Br)C(=O)O)cc1. The Morgan fingerprint density at radius 2 is 1.90 bits per heavy atom. The van der Waals surface area contributed by atoms with Crippen molar-refractivity contribution >= 4 is 21.9 Å². The van der Waals surface area contributed by atoms with Crippen LogP contribution in [0.25, 0.3) is 0 Å². The first-order valence-electron chi connectivity index (χ1n) is 6.20. The number of carboxylic acid groups (broad SMARTS) is 1. The molecule has 0 aliphatic heterocycles. The van der Waals surface area contributed by atoms with Crippen molar-refractivity contribution in [2.24, 2.45) is 0 Å². The molecule has 0 spiro atoms. The number of carboxylic acids is 1. The van der Waals surface area contributed by atoms with Gasteiger partial charge in [0.05, 0.1) is 5.92 Å². The molecule has 0 fully saturated rings. The van der Waals surface area contributed by atoms with Gasteiger partial charge in [0.25, 0.3) is 0 Å². The molecule has 0 aromatic heterocycles. The van der Waals surface area contributed by atoms with E-state index in [-0.39, 0.29) is 5.82 Å². The second kappa shape index (κ2) is 6.18. The van der Waals surface area contributed by atoms with Gasteiger partial charge in [0, 0.05) is 4.47 Å². The van der Waals surface area contributed by atoms with Gasteiger partial charge >= 0.3 is 5.97 Å². The van der Waals surface area contributed by atoms with Crippen LogP contribution in [0.2, 0.25) is 0 Å². The molecule has 1 atom stereocenters.